The monoisotopic (exact) mass is 339 g/mol. The number of benzene rings is 1. The van der Waals surface area contributed by atoms with E-state index in [4.69, 9.17) is 4.52 Å². The maximum atomic E-state index is 12.3. The average molecular weight is 339 g/mol. The van der Waals surface area contributed by atoms with E-state index in [0.717, 1.165) is 26.1 Å². The van der Waals surface area contributed by atoms with Gasteiger partial charge >= 0.3 is 0 Å². The second-order valence-corrected chi connectivity index (χ2v) is 6.64. The third kappa shape index (κ3) is 4.57. The Bertz CT molecular complexity index is 717. The van der Waals surface area contributed by atoms with Crippen LogP contribution in [0.5, 0.6) is 0 Å². The highest BCUT2D eigenvalue weighted by Crippen LogP contribution is 2.17. The fourth-order valence-corrected chi connectivity index (χ4v) is 3.28. The summed E-state index contributed by atoms with van der Waals surface area (Å²) in [6.07, 6.45) is 5.48. The summed E-state index contributed by atoms with van der Waals surface area (Å²) in [5.41, 5.74) is 2.44. The minimum absolute atomic E-state index is 0.0846. The van der Waals surface area contributed by atoms with Crippen LogP contribution in [0.15, 0.2) is 40.9 Å². The molecule has 2 heterocycles. The molecule has 1 aromatic heterocycles. The summed E-state index contributed by atoms with van der Waals surface area (Å²) in [5, 5.41) is 6.86. The zero-order valence-electron chi connectivity index (χ0n) is 14.9. The van der Waals surface area contributed by atoms with Gasteiger partial charge in [-0.15, -0.1) is 0 Å². The Labute approximate surface area is 148 Å². The van der Waals surface area contributed by atoms with E-state index in [2.05, 4.69) is 39.7 Å². The predicted octanol–water partition coefficient (Wildman–Crippen LogP) is 3.06. The Balaban J connectivity index is 1.42. The topological polar surface area (TPSA) is 58.4 Å². The quantitative estimate of drug-likeness (QED) is 0.879. The largest absolute Gasteiger partial charge is 0.361 e. The van der Waals surface area contributed by atoms with Gasteiger partial charge in [0.1, 0.15) is 11.3 Å². The molecule has 1 amide bonds. The van der Waals surface area contributed by atoms with Gasteiger partial charge in [0.2, 0.25) is 0 Å². The Morgan fingerprint density at radius 2 is 2.16 bits per heavy atom. The summed E-state index contributed by atoms with van der Waals surface area (Å²) >= 11 is 0. The first-order chi connectivity index (χ1) is 12.1. The summed E-state index contributed by atoms with van der Waals surface area (Å²) < 4.78 is 5.06. The second kappa shape index (κ2) is 8.12. The molecule has 0 spiro atoms. The molecule has 25 heavy (non-hydrogen) atoms. The Hall–Kier alpha value is -2.40. The molecular formula is C20H25N3O2. The van der Waals surface area contributed by atoms with Gasteiger partial charge in [0.05, 0.1) is 5.69 Å². The maximum Gasteiger partial charge on any atom is 0.256 e. The van der Waals surface area contributed by atoms with Crippen molar-refractivity contribution in [2.75, 3.05) is 26.2 Å². The summed E-state index contributed by atoms with van der Waals surface area (Å²) in [6.45, 7) is 7.30. The van der Waals surface area contributed by atoms with Crippen molar-refractivity contribution >= 4 is 12.0 Å². The van der Waals surface area contributed by atoms with E-state index >= 15 is 0 Å². The third-order valence-corrected chi connectivity index (χ3v) is 4.66. The van der Waals surface area contributed by atoms with Crippen molar-refractivity contribution in [3.05, 3.63) is 59.0 Å². The first kappa shape index (κ1) is 17.4. The molecule has 1 aliphatic heterocycles. The number of rotatable bonds is 6. The van der Waals surface area contributed by atoms with E-state index in [-0.39, 0.29) is 5.91 Å². The lowest BCUT2D eigenvalue weighted by atomic mass is 10.1. The molecule has 1 fully saturated rings. The number of hydrogen-bond acceptors (Lipinski definition) is 4. The average Bonchev–Trinajstić information content (AvgIpc) is 3.20. The number of carbonyl (C=O) groups is 1. The van der Waals surface area contributed by atoms with Crippen molar-refractivity contribution in [2.45, 2.75) is 20.3 Å². The van der Waals surface area contributed by atoms with E-state index in [9.17, 15) is 4.79 Å². The molecule has 5 heteroatoms. The molecule has 5 nitrogen and oxygen atoms in total. The lowest BCUT2D eigenvalue weighted by Gasteiger charge is -2.14. The van der Waals surface area contributed by atoms with E-state index in [0.29, 0.717) is 29.5 Å². The van der Waals surface area contributed by atoms with E-state index in [1.165, 1.54) is 5.56 Å². The normalized spacial score (nSPS) is 18.1. The molecule has 0 saturated carbocycles. The van der Waals surface area contributed by atoms with Crippen LogP contribution in [0, 0.1) is 19.8 Å². The van der Waals surface area contributed by atoms with Gasteiger partial charge in [0, 0.05) is 19.6 Å². The third-order valence-electron chi connectivity index (χ3n) is 4.66. The number of nitrogens with zero attached hydrogens (tertiary/aromatic N) is 2. The summed E-state index contributed by atoms with van der Waals surface area (Å²) in [7, 11) is 0. The highest BCUT2D eigenvalue weighted by atomic mass is 16.5. The first-order valence-corrected chi connectivity index (χ1v) is 8.78. The van der Waals surface area contributed by atoms with Crippen molar-refractivity contribution in [2.24, 2.45) is 5.92 Å². The summed E-state index contributed by atoms with van der Waals surface area (Å²) in [5.74, 6) is 0.988. The molecule has 0 radical (unpaired) electrons. The number of aryl methyl sites for hydroxylation is 2. The molecule has 0 unspecified atom stereocenters. The van der Waals surface area contributed by atoms with Gasteiger partial charge in [-0.2, -0.15) is 0 Å². The van der Waals surface area contributed by atoms with Crippen molar-refractivity contribution in [1.29, 1.82) is 0 Å². The molecule has 1 atom stereocenters. The predicted molar refractivity (Wildman–Crippen MR) is 98.3 cm³/mol. The van der Waals surface area contributed by atoms with Crippen LogP contribution in [-0.2, 0) is 0 Å². The van der Waals surface area contributed by atoms with E-state index in [1.807, 2.05) is 18.2 Å². The van der Waals surface area contributed by atoms with Gasteiger partial charge in [0.25, 0.3) is 5.91 Å². The Morgan fingerprint density at radius 3 is 2.88 bits per heavy atom. The number of carbonyl (C=O) groups excluding carboxylic acids is 1. The Kier molecular flexibility index (Phi) is 5.66. The molecule has 1 saturated heterocycles. The van der Waals surface area contributed by atoms with Crippen molar-refractivity contribution in [1.82, 2.24) is 15.4 Å². The van der Waals surface area contributed by atoms with E-state index in [1.54, 1.807) is 13.8 Å². The van der Waals surface area contributed by atoms with Crippen LogP contribution in [-0.4, -0.2) is 42.1 Å². The second-order valence-electron chi connectivity index (χ2n) is 6.64. The fourth-order valence-electron chi connectivity index (χ4n) is 3.28. The minimum atomic E-state index is -0.0846. The van der Waals surface area contributed by atoms with Crippen LogP contribution >= 0.6 is 0 Å². The van der Waals surface area contributed by atoms with E-state index < -0.39 is 0 Å². The van der Waals surface area contributed by atoms with Gasteiger partial charge < -0.3 is 9.84 Å². The zero-order valence-corrected chi connectivity index (χ0v) is 14.9. The van der Waals surface area contributed by atoms with Gasteiger partial charge in [0.15, 0.2) is 0 Å². The molecule has 2 aromatic rings. The van der Waals surface area contributed by atoms with Crippen LogP contribution in [0.1, 0.15) is 33.8 Å². The van der Waals surface area contributed by atoms with Gasteiger partial charge in [-0.25, -0.2) is 0 Å². The molecule has 0 bridgehead atoms. The number of aromatic nitrogens is 1. The SMILES string of the molecule is Cc1noc(C)c1C(=O)NC[C@H]1CCN(C/C=C/c2ccccc2)C1. The van der Waals surface area contributed by atoms with Crippen molar-refractivity contribution in [3.63, 3.8) is 0 Å². The number of amides is 1. The molecule has 3 rings (SSSR count). The number of nitrogens with one attached hydrogen (secondary N) is 1. The first-order valence-electron chi connectivity index (χ1n) is 8.78. The molecule has 1 aliphatic rings. The minimum Gasteiger partial charge on any atom is -0.361 e. The molecule has 1 N–H and O–H groups in total. The van der Waals surface area contributed by atoms with Crippen LogP contribution in [0.3, 0.4) is 0 Å². The van der Waals surface area contributed by atoms with Crippen molar-refractivity contribution in [3.8, 4) is 0 Å². The van der Waals surface area contributed by atoms with Gasteiger partial charge in [-0.05, 0) is 38.3 Å². The van der Waals surface area contributed by atoms with Crippen LogP contribution < -0.4 is 5.32 Å². The lowest BCUT2D eigenvalue weighted by molar-refractivity contribution is 0.0945. The fraction of sp³-hybridized carbons (Fsp3) is 0.400. The summed E-state index contributed by atoms with van der Waals surface area (Å²) in [6, 6.07) is 10.3. The van der Waals surface area contributed by atoms with Gasteiger partial charge in [-0.1, -0.05) is 47.6 Å². The van der Waals surface area contributed by atoms with Crippen LogP contribution in [0.2, 0.25) is 0 Å². The maximum absolute atomic E-state index is 12.3. The molecule has 132 valence electrons. The molecular weight excluding hydrogens is 314 g/mol. The number of likely N-dealkylation sites (tertiary alicyclic amines) is 1. The smallest absolute Gasteiger partial charge is 0.256 e. The Morgan fingerprint density at radius 1 is 1.36 bits per heavy atom. The lowest BCUT2D eigenvalue weighted by Crippen LogP contribution is -2.31. The molecule has 0 aliphatic carbocycles. The standard InChI is InChI=1S/C20H25N3O2/c1-15-19(16(2)25-22-15)20(24)21-13-18-10-12-23(14-18)11-6-9-17-7-4-3-5-8-17/h3-9,18H,10-14H2,1-2H3,(H,21,24)/b9-6+/t18-/m1/s1. The zero-order chi connectivity index (χ0) is 17.6. The highest BCUT2D eigenvalue weighted by Gasteiger charge is 2.23. The highest BCUT2D eigenvalue weighted by molar-refractivity contribution is 5.96. The van der Waals surface area contributed by atoms with Crippen molar-refractivity contribution < 1.29 is 9.32 Å². The van der Waals surface area contributed by atoms with Crippen LogP contribution in [0.4, 0.5) is 0 Å². The summed E-state index contributed by atoms with van der Waals surface area (Å²) in [4.78, 5) is 14.7. The molecule has 1 aromatic carbocycles. The van der Waals surface area contributed by atoms with Gasteiger partial charge in [-0.3, -0.25) is 9.69 Å². The van der Waals surface area contributed by atoms with Crippen LogP contribution in [0.25, 0.3) is 6.08 Å². The number of hydrogen-bond donors (Lipinski definition) is 1.